The SMILES string of the molecule is CCOc1ccc(S(=O)(=O)N(CC(=O)N/N=C/c2ccccc2[NH+]([O-])O)c2ccc(C)cc2)cc1. The minimum atomic E-state index is -4.10. The van der Waals surface area contributed by atoms with E-state index < -0.39 is 27.7 Å². The van der Waals surface area contributed by atoms with Crippen LogP contribution in [0.15, 0.2) is 82.8 Å². The second kappa shape index (κ2) is 11.6. The topological polar surface area (TPSA) is 136 Å². The van der Waals surface area contributed by atoms with Gasteiger partial charge >= 0.3 is 0 Å². The third-order valence-corrected chi connectivity index (χ3v) is 6.70. The maximum absolute atomic E-state index is 13.4. The monoisotopic (exact) mass is 498 g/mol. The van der Waals surface area contributed by atoms with Crippen LogP contribution in [0, 0.1) is 12.1 Å². The Morgan fingerprint density at radius 2 is 1.77 bits per heavy atom. The summed E-state index contributed by atoms with van der Waals surface area (Å²) in [6.45, 7) is 3.59. The molecule has 0 radical (unpaired) electrons. The Balaban J connectivity index is 1.84. The number of aryl methyl sites for hydroxylation is 1. The van der Waals surface area contributed by atoms with Gasteiger partial charge in [0.25, 0.3) is 15.9 Å². The Labute approximate surface area is 203 Å². The molecular weight excluding hydrogens is 472 g/mol. The number of anilines is 1. The predicted octanol–water partition coefficient (Wildman–Crippen LogP) is 2.14. The first-order valence-corrected chi connectivity index (χ1v) is 12.1. The van der Waals surface area contributed by atoms with Crippen LogP contribution in [0.25, 0.3) is 0 Å². The lowest BCUT2D eigenvalue weighted by atomic mass is 10.2. The third kappa shape index (κ3) is 6.64. The van der Waals surface area contributed by atoms with Crippen molar-refractivity contribution in [1.82, 2.24) is 5.43 Å². The number of amides is 1. The number of hydrogen-bond donors (Lipinski definition) is 3. The molecule has 184 valence electrons. The van der Waals surface area contributed by atoms with Gasteiger partial charge in [0.15, 0.2) is 5.69 Å². The molecule has 0 bridgehead atoms. The lowest BCUT2D eigenvalue weighted by Gasteiger charge is -2.24. The molecule has 3 aromatic rings. The summed E-state index contributed by atoms with van der Waals surface area (Å²) in [5, 5.41) is 23.2. The van der Waals surface area contributed by atoms with E-state index in [1.54, 1.807) is 48.5 Å². The highest BCUT2D eigenvalue weighted by atomic mass is 32.2. The van der Waals surface area contributed by atoms with Crippen molar-refractivity contribution in [2.24, 2.45) is 5.10 Å². The number of ether oxygens (including phenoxy) is 1. The highest BCUT2D eigenvalue weighted by molar-refractivity contribution is 7.92. The van der Waals surface area contributed by atoms with Gasteiger partial charge in [-0.15, -0.1) is 0 Å². The van der Waals surface area contributed by atoms with Crippen molar-refractivity contribution >= 4 is 33.5 Å². The van der Waals surface area contributed by atoms with E-state index in [0.29, 0.717) is 18.0 Å². The molecule has 1 atom stereocenters. The van der Waals surface area contributed by atoms with Crippen LogP contribution in [0.4, 0.5) is 11.4 Å². The van der Waals surface area contributed by atoms with Crippen LogP contribution >= 0.6 is 0 Å². The van der Waals surface area contributed by atoms with Gasteiger partial charge in [0.2, 0.25) is 0 Å². The number of rotatable bonds is 10. The summed E-state index contributed by atoms with van der Waals surface area (Å²) in [5.74, 6) is -0.175. The molecule has 0 aliphatic rings. The second-order valence-corrected chi connectivity index (χ2v) is 9.30. The number of carbonyl (C=O) groups excluding carboxylic acids is 1. The first kappa shape index (κ1) is 25.8. The van der Waals surface area contributed by atoms with E-state index in [0.717, 1.165) is 9.87 Å². The number of para-hydroxylation sites is 1. The smallest absolute Gasteiger partial charge is 0.264 e. The van der Waals surface area contributed by atoms with Crippen molar-refractivity contribution in [3.63, 3.8) is 0 Å². The van der Waals surface area contributed by atoms with Gasteiger partial charge in [0.1, 0.15) is 12.3 Å². The Bertz CT molecular complexity index is 1280. The molecule has 0 aliphatic heterocycles. The van der Waals surface area contributed by atoms with Crippen LogP contribution in [0.5, 0.6) is 5.75 Å². The molecule has 10 nitrogen and oxygen atoms in total. The maximum atomic E-state index is 13.4. The largest absolute Gasteiger partial charge is 0.595 e. The molecule has 0 heterocycles. The van der Waals surface area contributed by atoms with Gasteiger partial charge in [-0.25, -0.2) is 19.1 Å². The Kier molecular flexibility index (Phi) is 8.55. The number of nitrogens with zero attached hydrogens (tertiary/aromatic N) is 2. The van der Waals surface area contributed by atoms with E-state index in [2.05, 4.69) is 10.5 Å². The van der Waals surface area contributed by atoms with Gasteiger partial charge < -0.3 is 9.94 Å². The highest BCUT2D eigenvalue weighted by Crippen LogP contribution is 2.25. The number of carbonyl (C=O) groups is 1. The third-order valence-electron chi connectivity index (χ3n) is 4.92. The average Bonchev–Trinajstić information content (AvgIpc) is 2.84. The van der Waals surface area contributed by atoms with Crippen molar-refractivity contribution in [1.29, 1.82) is 0 Å². The van der Waals surface area contributed by atoms with E-state index >= 15 is 0 Å². The van der Waals surface area contributed by atoms with E-state index in [1.807, 2.05) is 13.8 Å². The number of sulfonamides is 1. The van der Waals surface area contributed by atoms with E-state index in [4.69, 9.17) is 4.74 Å². The molecular formula is C24H26N4O6S. The highest BCUT2D eigenvalue weighted by Gasteiger charge is 2.27. The molecule has 3 aromatic carbocycles. The number of quaternary nitrogens is 1. The van der Waals surface area contributed by atoms with E-state index in [-0.39, 0.29) is 16.1 Å². The van der Waals surface area contributed by atoms with E-state index in [1.165, 1.54) is 30.5 Å². The quantitative estimate of drug-likeness (QED) is 0.289. The first-order valence-electron chi connectivity index (χ1n) is 10.7. The molecule has 3 rings (SSSR count). The zero-order valence-electron chi connectivity index (χ0n) is 19.2. The molecule has 0 aromatic heterocycles. The fourth-order valence-electron chi connectivity index (χ4n) is 3.17. The fourth-order valence-corrected chi connectivity index (χ4v) is 4.59. The molecule has 11 heteroatoms. The van der Waals surface area contributed by atoms with Crippen LogP contribution in [-0.4, -0.2) is 38.9 Å². The Hall–Kier alpha value is -3.77. The fraction of sp³-hybridized carbons (Fsp3) is 0.167. The van der Waals surface area contributed by atoms with Crippen molar-refractivity contribution in [3.05, 3.63) is 89.1 Å². The number of benzene rings is 3. The molecule has 3 N–H and O–H groups in total. The summed E-state index contributed by atoms with van der Waals surface area (Å²) >= 11 is 0. The van der Waals surface area contributed by atoms with Gasteiger partial charge in [0.05, 0.1) is 29.0 Å². The molecule has 35 heavy (non-hydrogen) atoms. The Morgan fingerprint density at radius 1 is 1.11 bits per heavy atom. The predicted molar refractivity (Wildman–Crippen MR) is 131 cm³/mol. The molecule has 1 unspecified atom stereocenters. The summed E-state index contributed by atoms with van der Waals surface area (Å²) in [6.07, 6.45) is 1.19. The van der Waals surface area contributed by atoms with Crippen LogP contribution in [-0.2, 0) is 14.8 Å². The van der Waals surface area contributed by atoms with Crippen LogP contribution in [0.2, 0.25) is 0 Å². The lowest BCUT2D eigenvalue weighted by molar-refractivity contribution is -0.991. The zero-order chi connectivity index (χ0) is 25.4. The molecule has 0 fully saturated rings. The number of nitrogens with one attached hydrogen (secondary N) is 2. The van der Waals surface area contributed by atoms with Crippen molar-refractivity contribution in [2.75, 3.05) is 17.5 Å². The van der Waals surface area contributed by atoms with E-state index in [9.17, 15) is 23.6 Å². The summed E-state index contributed by atoms with van der Waals surface area (Å²) in [4.78, 5) is 12.6. The minimum absolute atomic E-state index is 0.00628. The van der Waals surface area contributed by atoms with Gasteiger partial charge in [0, 0.05) is 6.07 Å². The van der Waals surface area contributed by atoms with Gasteiger partial charge in [-0.1, -0.05) is 29.8 Å². The normalized spacial score (nSPS) is 12.3. The average molecular weight is 499 g/mol. The first-order chi connectivity index (χ1) is 16.7. The molecule has 0 aliphatic carbocycles. The lowest BCUT2D eigenvalue weighted by Crippen LogP contribution is -2.99. The summed E-state index contributed by atoms with van der Waals surface area (Å²) in [7, 11) is -4.10. The molecule has 0 spiro atoms. The minimum Gasteiger partial charge on any atom is -0.595 e. The summed E-state index contributed by atoms with van der Waals surface area (Å²) in [6, 6.07) is 18.8. The van der Waals surface area contributed by atoms with Crippen LogP contribution < -0.4 is 19.7 Å². The maximum Gasteiger partial charge on any atom is 0.264 e. The number of hydrogen-bond acceptors (Lipinski definition) is 7. The Morgan fingerprint density at radius 3 is 2.40 bits per heavy atom. The second-order valence-electron chi connectivity index (χ2n) is 7.44. The van der Waals surface area contributed by atoms with Gasteiger partial charge in [-0.3, -0.25) is 9.10 Å². The molecule has 0 saturated heterocycles. The van der Waals surface area contributed by atoms with Gasteiger partial charge in [-0.05, 0) is 56.3 Å². The van der Waals surface area contributed by atoms with Crippen LogP contribution in [0.3, 0.4) is 0 Å². The molecule has 1 amide bonds. The van der Waals surface area contributed by atoms with Crippen molar-refractivity contribution in [3.8, 4) is 5.75 Å². The van der Waals surface area contributed by atoms with Crippen LogP contribution in [0.1, 0.15) is 18.1 Å². The summed E-state index contributed by atoms with van der Waals surface area (Å²) in [5.41, 5.74) is 3.81. The number of hydrazone groups is 1. The zero-order valence-corrected chi connectivity index (χ0v) is 20.0. The van der Waals surface area contributed by atoms with Gasteiger partial charge in [-0.2, -0.15) is 10.3 Å². The standard InChI is InChI=1S/C24H26N4O6S/c1-3-34-21-12-14-22(15-13-21)35(32,33)27(20-10-8-18(2)9-11-20)17-24(29)26-25-16-19-6-4-5-7-23(19)28(30)31/h4-16,28,30H,3,17H2,1-2H3,(H,26,29)/b25-16+. The molecule has 0 saturated carbocycles. The van der Waals surface area contributed by atoms with Crippen molar-refractivity contribution in [2.45, 2.75) is 18.7 Å². The summed E-state index contributed by atoms with van der Waals surface area (Å²) < 4.78 is 33.2. The van der Waals surface area contributed by atoms with Crippen molar-refractivity contribution < 1.29 is 28.4 Å².